The Morgan fingerprint density at radius 2 is 1.75 bits per heavy atom. The highest BCUT2D eigenvalue weighted by molar-refractivity contribution is 5.89. The lowest BCUT2D eigenvalue weighted by Gasteiger charge is -2.13. The average molecular weight is 324 g/mol. The molecule has 0 amide bonds. The molecule has 4 heteroatoms. The second kappa shape index (κ2) is 7.79. The van der Waals surface area contributed by atoms with E-state index in [1.54, 1.807) is 0 Å². The molecule has 24 heavy (non-hydrogen) atoms. The first-order valence-electron chi connectivity index (χ1n) is 8.03. The van der Waals surface area contributed by atoms with E-state index in [2.05, 4.69) is 0 Å². The number of hydrogen-bond acceptors (Lipinski definition) is 4. The summed E-state index contributed by atoms with van der Waals surface area (Å²) in [5.74, 6) is 0.163. The molecule has 4 nitrogen and oxygen atoms in total. The molecule has 3 rings (SSSR count). The summed E-state index contributed by atoms with van der Waals surface area (Å²) in [6.07, 6.45) is 0.0979. The fourth-order valence-electron chi connectivity index (χ4n) is 2.68. The van der Waals surface area contributed by atoms with Gasteiger partial charge in [-0.25, -0.2) is 4.79 Å². The normalized spacial score (nSPS) is 15.0. The van der Waals surface area contributed by atoms with Crippen LogP contribution in [0.3, 0.4) is 0 Å². The van der Waals surface area contributed by atoms with E-state index >= 15 is 0 Å². The predicted octanol–water partition coefficient (Wildman–Crippen LogP) is 3.53. The fraction of sp³-hybridized carbons (Fsp3) is 0.250. The molecule has 1 unspecified atom stereocenters. The smallest absolute Gasteiger partial charge is 0.337 e. The number of hydrogen-bond donors (Lipinski definition) is 1. The summed E-state index contributed by atoms with van der Waals surface area (Å²) in [5.41, 5.74) is 2.27. The SMILES string of the molecule is O=C(OCc1ccccc1)C1=C(CC(O)c2ccccc2)OCC1. The Bertz CT molecular complexity index is 707. The number of aliphatic hydroxyl groups is 1. The standard InChI is InChI=1S/C20H20O4/c21-18(16-9-5-2-6-10-16)13-19-17(11-12-23-19)20(22)24-14-15-7-3-1-4-8-15/h1-10,18,21H,11-14H2. The lowest BCUT2D eigenvalue weighted by molar-refractivity contribution is -0.140. The molecule has 2 aromatic rings. The van der Waals surface area contributed by atoms with Crippen LogP contribution < -0.4 is 0 Å². The van der Waals surface area contributed by atoms with Crippen molar-refractivity contribution in [1.29, 1.82) is 0 Å². The minimum Gasteiger partial charge on any atom is -0.497 e. The van der Waals surface area contributed by atoms with Gasteiger partial charge in [0.05, 0.1) is 18.3 Å². The number of benzene rings is 2. The lowest BCUT2D eigenvalue weighted by Crippen LogP contribution is -2.09. The molecule has 0 bridgehead atoms. The zero-order valence-electron chi connectivity index (χ0n) is 13.4. The van der Waals surface area contributed by atoms with Gasteiger partial charge in [-0.15, -0.1) is 0 Å². The van der Waals surface area contributed by atoms with Gasteiger partial charge in [-0.3, -0.25) is 0 Å². The van der Waals surface area contributed by atoms with Crippen LogP contribution in [0.1, 0.15) is 30.1 Å². The molecule has 0 aromatic heterocycles. The summed E-state index contributed by atoms with van der Waals surface area (Å²) in [5, 5.41) is 10.3. The third-order valence-corrected chi connectivity index (χ3v) is 3.99. The Morgan fingerprint density at radius 3 is 2.46 bits per heavy atom. The van der Waals surface area contributed by atoms with Crippen LogP contribution in [-0.2, 0) is 20.9 Å². The first-order chi connectivity index (χ1) is 11.7. The van der Waals surface area contributed by atoms with Crippen molar-refractivity contribution in [3.05, 3.63) is 83.1 Å². The molecule has 1 heterocycles. The third-order valence-electron chi connectivity index (χ3n) is 3.99. The fourth-order valence-corrected chi connectivity index (χ4v) is 2.68. The Kier molecular flexibility index (Phi) is 5.29. The summed E-state index contributed by atoms with van der Waals surface area (Å²) in [4.78, 5) is 12.3. The van der Waals surface area contributed by atoms with Gasteiger partial charge in [-0.05, 0) is 11.1 Å². The van der Waals surface area contributed by atoms with Crippen LogP contribution in [-0.4, -0.2) is 17.7 Å². The van der Waals surface area contributed by atoms with Crippen molar-refractivity contribution in [1.82, 2.24) is 0 Å². The number of rotatable bonds is 6. The Morgan fingerprint density at radius 1 is 1.08 bits per heavy atom. The minimum atomic E-state index is -0.698. The highest BCUT2D eigenvalue weighted by Crippen LogP contribution is 2.29. The van der Waals surface area contributed by atoms with Crippen LogP contribution in [0.2, 0.25) is 0 Å². The van der Waals surface area contributed by atoms with Crippen LogP contribution in [0.4, 0.5) is 0 Å². The van der Waals surface area contributed by atoms with Crippen LogP contribution in [0.5, 0.6) is 0 Å². The van der Waals surface area contributed by atoms with E-state index in [4.69, 9.17) is 9.47 Å². The summed E-state index contributed by atoms with van der Waals surface area (Å²) in [6.45, 7) is 0.685. The molecule has 0 radical (unpaired) electrons. The molecule has 1 aliphatic heterocycles. The summed E-state index contributed by atoms with van der Waals surface area (Å²) in [6, 6.07) is 18.9. The Balaban J connectivity index is 1.64. The number of carbonyl (C=O) groups excluding carboxylic acids is 1. The first-order valence-corrected chi connectivity index (χ1v) is 8.03. The van der Waals surface area contributed by atoms with Crippen molar-refractivity contribution < 1.29 is 19.4 Å². The van der Waals surface area contributed by atoms with Crippen molar-refractivity contribution in [2.75, 3.05) is 6.61 Å². The van der Waals surface area contributed by atoms with Crippen LogP contribution in [0.15, 0.2) is 72.0 Å². The number of ether oxygens (including phenoxy) is 2. The first kappa shape index (κ1) is 16.3. The monoisotopic (exact) mass is 324 g/mol. The predicted molar refractivity (Wildman–Crippen MR) is 89.9 cm³/mol. The molecular weight excluding hydrogens is 304 g/mol. The molecule has 1 atom stereocenters. The summed E-state index contributed by atoms with van der Waals surface area (Å²) in [7, 11) is 0. The largest absolute Gasteiger partial charge is 0.497 e. The van der Waals surface area contributed by atoms with Gasteiger partial charge >= 0.3 is 5.97 Å². The van der Waals surface area contributed by atoms with E-state index in [0.29, 0.717) is 24.4 Å². The average Bonchev–Trinajstić information content (AvgIpc) is 3.09. The molecule has 0 saturated carbocycles. The van der Waals surface area contributed by atoms with E-state index in [9.17, 15) is 9.90 Å². The summed E-state index contributed by atoms with van der Waals surface area (Å²) < 4.78 is 10.9. The molecular formula is C20H20O4. The topological polar surface area (TPSA) is 55.8 Å². The second-order valence-corrected chi connectivity index (χ2v) is 5.69. The van der Waals surface area contributed by atoms with Crippen molar-refractivity contribution in [3.63, 3.8) is 0 Å². The number of carbonyl (C=O) groups is 1. The van der Waals surface area contributed by atoms with Gasteiger partial charge in [0, 0.05) is 12.8 Å². The number of esters is 1. The van der Waals surface area contributed by atoms with Crippen molar-refractivity contribution in [3.8, 4) is 0 Å². The third kappa shape index (κ3) is 4.03. The van der Waals surface area contributed by atoms with Crippen molar-refractivity contribution >= 4 is 5.97 Å². The Labute approximate surface area is 141 Å². The molecule has 0 spiro atoms. The van der Waals surface area contributed by atoms with Gasteiger partial charge in [-0.1, -0.05) is 60.7 Å². The molecule has 0 fully saturated rings. The second-order valence-electron chi connectivity index (χ2n) is 5.69. The highest BCUT2D eigenvalue weighted by Gasteiger charge is 2.26. The van der Waals surface area contributed by atoms with Crippen LogP contribution in [0.25, 0.3) is 0 Å². The van der Waals surface area contributed by atoms with Crippen LogP contribution >= 0.6 is 0 Å². The van der Waals surface area contributed by atoms with E-state index in [-0.39, 0.29) is 19.0 Å². The van der Waals surface area contributed by atoms with E-state index in [0.717, 1.165) is 11.1 Å². The summed E-state index contributed by atoms with van der Waals surface area (Å²) >= 11 is 0. The molecule has 0 saturated heterocycles. The minimum absolute atomic E-state index is 0.234. The van der Waals surface area contributed by atoms with Gasteiger partial charge in [0.2, 0.25) is 0 Å². The number of aliphatic hydroxyl groups excluding tert-OH is 1. The molecule has 0 aliphatic carbocycles. The Hall–Kier alpha value is -2.59. The zero-order valence-corrected chi connectivity index (χ0v) is 13.4. The molecule has 2 aromatic carbocycles. The maximum Gasteiger partial charge on any atom is 0.337 e. The van der Waals surface area contributed by atoms with Gasteiger partial charge in [0.1, 0.15) is 12.4 Å². The maximum absolute atomic E-state index is 12.3. The molecule has 1 N–H and O–H groups in total. The van der Waals surface area contributed by atoms with Crippen molar-refractivity contribution in [2.45, 2.75) is 25.6 Å². The quantitative estimate of drug-likeness (QED) is 0.826. The van der Waals surface area contributed by atoms with E-state index < -0.39 is 6.10 Å². The van der Waals surface area contributed by atoms with Gasteiger partial charge in [0.25, 0.3) is 0 Å². The lowest BCUT2D eigenvalue weighted by atomic mass is 10.0. The molecule has 1 aliphatic rings. The van der Waals surface area contributed by atoms with E-state index in [1.165, 1.54) is 0 Å². The van der Waals surface area contributed by atoms with Crippen LogP contribution in [0, 0.1) is 0 Å². The highest BCUT2D eigenvalue weighted by atomic mass is 16.5. The van der Waals surface area contributed by atoms with Gasteiger partial charge in [0.15, 0.2) is 0 Å². The van der Waals surface area contributed by atoms with E-state index in [1.807, 2.05) is 60.7 Å². The van der Waals surface area contributed by atoms with Gasteiger partial charge in [-0.2, -0.15) is 0 Å². The van der Waals surface area contributed by atoms with Crippen molar-refractivity contribution in [2.24, 2.45) is 0 Å². The maximum atomic E-state index is 12.3. The van der Waals surface area contributed by atoms with Gasteiger partial charge < -0.3 is 14.6 Å². The zero-order chi connectivity index (χ0) is 16.8. The molecule has 124 valence electrons.